The van der Waals surface area contributed by atoms with Crippen LogP contribution in [0.25, 0.3) is 5.69 Å². The number of piperazine rings is 1. The number of carbonyl (C=O) groups excluding carboxylic acids is 1. The molecule has 0 aliphatic carbocycles. The first-order valence-corrected chi connectivity index (χ1v) is 11.3. The molecule has 0 spiro atoms. The van der Waals surface area contributed by atoms with Gasteiger partial charge in [-0.3, -0.25) is 14.3 Å². The number of benzene rings is 2. The van der Waals surface area contributed by atoms with Gasteiger partial charge in [0, 0.05) is 56.4 Å². The maximum atomic E-state index is 13.1. The molecule has 1 unspecified atom stereocenters. The summed E-state index contributed by atoms with van der Waals surface area (Å²) in [5.74, 6) is 0.0472. The molecule has 1 atom stereocenters. The third kappa shape index (κ3) is 4.59. The fourth-order valence-electron chi connectivity index (χ4n) is 3.77. The maximum absolute atomic E-state index is 13.1. The molecule has 6 nitrogen and oxygen atoms in total. The van der Waals surface area contributed by atoms with Gasteiger partial charge in [-0.15, -0.1) is 0 Å². The Kier molecular flexibility index (Phi) is 6.52. The van der Waals surface area contributed by atoms with Crippen molar-refractivity contribution in [2.75, 3.05) is 39.0 Å². The van der Waals surface area contributed by atoms with Crippen molar-refractivity contribution >= 4 is 17.7 Å². The minimum atomic E-state index is -0.508. The molecule has 1 aliphatic heterocycles. The van der Waals surface area contributed by atoms with Crippen LogP contribution in [0.15, 0.2) is 72.1 Å². The number of thioether (sulfide) groups is 1. The maximum Gasteiger partial charge on any atom is 0.254 e. The smallest absolute Gasteiger partial charge is 0.254 e. The lowest BCUT2D eigenvalue weighted by molar-refractivity contribution is 0.0527. The molecule has 30 heavy (non-hydrogen) atoms. The molecule has 1 amide bonds. The van der Waals surface area contributed by atoms with Gasteiger partial charge in [0.1, 0.15) is 0 Å². The molecule has 4 rings (SSSR count). The first kappa shape index (κ1) is 20.7. The first-order chi connectivity index (χ1) is 14.7. The van der Waals surface area contributed by atoms with Crippen molar-refractivity contribution in [1.82, 2.24) is 19.4 Å². The highest BCUT2D eigenvalue weighted by Gasteiger charge is 2.24. The Morgan fingerprint density at radius 2 is 1.87 bits per heavy atom. The van der Waals surface area contributed by atoms with E-state index in [0.29, 0.717) is 25.2 Å². The van der Waals surface area contributed by atoms with Crippen molar-refractivity contribution in [3.05, 3.63) is 78.1 Å². The van der Waals surface area contributed by atoms with Gasteiger partial charge in [-0.05, 0) is 30.0 Å². The number of amides is 1. The van der Waals surface area contributed by atoms with Crippen LogP contribution in [0, 0.1) is 0 Å². The van der Waals surface area contributed by atoms with Gasteiger partial charge in [-0.1, -0.05) is 48.2 Å². The van der Waals surface area contributed by atoms with E-state index in [2.05, 4.69) is 9.88 Å². The Hall–Kier alpha value is -2.61. The Morgan fingerprint density at radius 1 is 1.10 bits per heavy atom. The summed E-state index contributed by atoms with van der Waals surface area (Å²) in [5.41, 5.74) is 2.55. The lowest BCUT2D eigenvalue weighted by atomic mass is 10.1. The van der Waals surface area contributed by atoms with E-state index in [-0.39, 0.29) is 5.91 Å². The van der Waals surface area contributed by atoms with E-state index in [0.717, 1.165) is 29.5 Å². The van der Waals surface area contributed by atoms with E-state index >= 15 is 0 Å². The van der Waals surface area contributed by atoms with Crippen LogP contribution in [0.1, 0.15) is 22.0 Å². The van der Waals surface area contributed by atoms with E-state index in [1.165, 1.54) is 0 Å². The lowest BCUT2D eigenvalue weighted by Gasteiger charge is -2.35. The Balaban J connectivity index is 1.37. The average molecular weight is 423 g/mol. The summed E-state index contributed by atoms with van der Waals surface area (Å²) >= 11 is 1.57. The summed E-state index contributed by atoms with van der Waals surface area (Å²) in [6.45, 7) is 3.41. The number of aliphatic hydroxyl groups is 1. The zero-order valence-electron chi connectivity index (χ0n) is 17.0. The van der Waals surface area contributed by atoms with Crippen LogP contribution >= 0.6 is 11.8 Å². The SMILES string of the molecule is CSc1nccn1-c1cccc(C(=O)N2CCN(CC(O)c3ccccc3)CC2)c1. The highest BCUT2D eigenvalue weighted by atomic mass is 32.2. The lowest BCUT2D eigenvalue weighted by Crippen LogP contribution is -2.49. The predicted molar refractivity (Wildman–Crippen MR) is 119 cm³/mol. The van der Waals surface area contributed by atoms with E-state index in [1.54, 1.807) is 18.0 Å². The molecular formula is C23H26N4O2S. The first-order valence-electron chi connectivity index (χ1n) is 10.1. The highest BCUT2D eigenvalue weighted by Crippen LogP contribution is 2.20. The topological polar surface area (TPSA) is 61.6 Å². The second-order valence-electron chi connectivity index (χ2n) is 7.35. The number of hydrogen-bond acceptors (Lipinski definition) is 5. The monoisotopic (exact) mass is 422 g/mol. The van der Waals surface area contributed by atoms with Gasteiger partial charge in [-0.25, -0.2) is 4.98 Å². The van der Waals surface area contributed by atoms with Gasteiger partial charge < -0.3 is 10.0 Å². The van der Waals surface area contributed by atoms with Crippen molar-refractivity contribution < 1.29 is 9.90 Å². The molecule has 1 N–H and O–H groups in total. The van der Waals surface area contributed by atoms with Gasteiger partial charge in [0.15, 0.2) is 5.16 Å². The van der Waals surface area contributed by atoms with Gasteiger partial charge in [0.05, 0.1) is 6.10 Å². The number of aromatic nitrogens is 2. The van der Waals surface area contributed by atoms with Crippen LogP contribution in [0.5, 0.6) is 0 Å². The Labute approximate surface area is 181 Å². The van der Waals surface area contributed by atoms with Crippen molar-refractivity contribution in [2.45, 2.75) is 11.3 Å². The largest absolute Gasteiger partial charge is 0.387 e. The number of β-amino-alcohol motifs (C(OH)–C–C–N with tert-alkyl or cyclic N) is 1. The van der Waals surface area contributed by atoms with Crippen molar-refractivity contribution in [2.24, 2.45) is 0 Å². The van der Waals surface area contributed by atoms with Crippen molar-refractivity contribution in [3.63, 3.8) is 0 Å². The molecule has 0 saturated carbocycles. The summed E-state index contributed by atoms with van der Waals surface area (Å²) in [6.07, 6.45) is 5.16. The van der Waals surface area contributed by atoms with Gasteiger partial charge >= 0.3 is 0 Å². The molecule has 2 heterocycles. The predicted octanol–water partition coefficient (Wildman–Crippen LogP) is 3.09. The summed E-state index contributed by atoms with van der Waals surface area (Å²) < 4.78 is 1.99. The van der Waals surface area contributed by atoms with Gasteiger partial charge in [-0.2, -0.15) is 0 Å². The number of rotatable bonds is 6. The van der Waals surface area contributed by atoms with Gasteiger partial charge in [0.25, 0.3) is 5.91 Å². The summed E-state index contributed by atoms with van der Waals surface area (Å²) in [6, 6.07) is 17.4. The molecule has 1 fully saturated rings. The molecule has 7 heteroatoms. The van der Waals surface area contributed by atoms with Crippen LogP contribution in [0.4, 0.5) is 0 Å². The number of carbonyl (C=O) groups is 1. The summed E-state index contributed by atoms with van der Waals surface area (Å²) in [5, 5.41) is 11.4. The molecule has 0 bridgehead atoms. The summed E-state index contributed by atoms with van der Waals surface area (Å²) in [7, 11) is 0. The fourth-order valence-corrected chi connectivity index (χ4v) is 4.30. The van der Waals surface area contributed by atoms with Crippen LogP contribution in [-0.4, -0.2) is 69.3 Å². The third-order valence-electron chi connectivity index (χ3n) is 5.44. The van der Waals surface area contributed by atoms with Gasteiger partial charge in [0.2, 0.25) is 0 Å². The normalized spacial score (nSPS) is 15.9. The zero-order chi connectivity index (χ0) is 20.9. The zero-order valence-corrected chi connectivity index (χ0v) is 17.8. The Bertz CT molecular complexity index is 984. The quantitative estimate of drug-likeness (QED) is 0.619. The molecule has 0 radical (unpaired) electrons. The van der Waals surface area contributed by atoms with Crippen LogP contribution in [0.2, 0.25) is 0 Å². The molecule has 1 saturated heterocycles. The van der Waals surface area contributed by atoms with E-state index in [1.807, 2.05) is 76.5 Å². The minimum Gasteiger partial charge on any atom is -0.387 e. The summed E-state index contributed by atoms with van der Waals surface area (Å²) in [4.78, 5) is 21.5. The number of aliphatic hydroxyl groups excluding tert-OH is 1. The number of hydrogen-bond donors (Lipinski definition) is 1. The highest BCUT2D eigenvalue weighted by molar-refractivity contribution is 7.98. The minimum absolute atomic E-state index is 0.0472. The van der Waals surface area contributed by atoms with E-state index in [9.17, 15) is 9.90 Å². The molecule has 1 aliphatic rings. The standard InChI is InChI=1S/C23H26N4O2S/c1-30-23-24-10-11-27(23)20-9-5-8-19(16-20)22(29)26-14-12-25(13-15-26)17-21(28)18-6-3-2-4-7-18/h2-11,16,21,28H,12-15,17H2,1H3. The second-order valence-corrected chi connectivity index (χ2v) is 8.13. The van der Waals surface area contributed by atoms with Crippen molar-refractivity contribution in [3.8, 4) is 5.69 Å². The number of imidazole rings is 1. The van der Waals surface area contributed by atoms with Crippen LogP contribution in [-0.2, 0) is 0 Å². The molecular weight excluding hydrogens is 396 g/mol. The number of nitrogens with zero attached hydrogens (tertiary/aromatic N) is 4. The molecule has 2 aromatic carbocycles. The Morgan fingerprint density at radius 3 is 2.60 bits per heavy atom. The second kappa shape index (κ2) is 9.47. The van der Waals surface area contributed by atoms with E-state index in [4.69, 9.17) is 0 Å². The van der Waals surface area contributed by atoms with Crippen LogP contribution < -0.4 is 0 Å². The molecule has 1 aromatic heterocycles. The average Bonchev–Trinajstić information content (AvgIpc) is 3.29. The van der Waals surface area contributed by atoms with Crippen LogP contribution in [0.3, 0.4) is 0 Å². The van der Waals surface area contributed by atoms with E-state index < -0.39 is 6.10 Å². The molecule has 156 valence electrons. The molecule has 3 aromatic rings. The van der Waals surface area contributed by atoms with Crippen molar-refractivity contribution in [1.29, 1.82) is 0 Å². The fraction of sp³-hybridized carbons (Fsp3) is 0.304. The third-order valence-corrected chi connectivity index (χ3v) is 6.10.